The molecule has 188 valence electrons. The highest BCUT2D eigenvalue weighted by Gasteiger charge is 2.22. The third-order valence-electron chi connectivity index (χ3n) is 5.72. The van der Waals surface area contributed by atoms with Crippen LogP contribution in [0.4, 0.5) is 13.9 Å². The number of aromatic nitrogens is 1. The lowest BCUT2D eigenvalue weighted by molar-refractivity contribution is -0.126. The standard InChI is InChI=1S/C25H35F2N3O3S/c1-6-8-20(29-22(31)13-17-11-18(26)14-19(27)12-17)23(32)30-24-28-15-21(34-24)16(2)9-7-10-25(3,4)33-5/h11-12,14-16,20H,6-10,13H2,1-5H3,(H,29,31)(H,28,30,32). The number of anilines is 1. The summed E-state index contributed by atoms with van der Waals surface area (Å²) in [5, 5.41) is 5.94. The minimum atomic E-state index is -0.767. The van der Waals surface area contributed by atoms with Gasteiger partial charge in [-0.25, -0.2) is 13.8 Å². The molecule has 0 aliphatic heterocycles. The molecule has 0 saturated heterocycles. The van der Waals surface area contributed by atoms with Crippen LogP contribution in [0.15, 0.2) is 24.4 Å². The molecule has 34 heavy (non-hydrogen) atoms. The molecule has 6 nitrogen and oxygen atoms in total. The molecule has 2 atom stereocenters. The van der Waals surface area contributed by atoms with Crippen LogP contribution < -0.4 is 10.6 Å². The Balaban J connectivity index is 1.92. The second-order valence-corrected chi connectivity index (χ2v) is 10.2. The van der Waals surface area contributed by atoms with Crippen molar-refractivity contribution in [1.29, 1.82) is 0 Å². The Morgan fingerprint density at radius 1 is 1.18 bits per heavy atom. The summed E-state index contributed by atoms with van der Waals surface area (Å²) in [4.78, 5) is 30.6. The third kappa shape index (κ3) is 9.10. The number of nitrogens with one attached hydrogen (secondary N) is 2. The Bertz CT molecular complexity index is 944. The van der Waals surface area contributed by atoms with Crippen LogP contribution >= 0.6 is 11.3 Å². The molecule has 0 radical (unpaired) electrons. The normalized spacial score (nSPS) is 13.4. The summed E-state index contributed by atoms with van der Waals surface area (Å²) >= 11 is 1.42. The van der Waals surface area contributed by atoms with E-state index in [-0.39, 0.29) is 23.5 Å². The molecule has 0 spiro atoms. The van der Waals surface area contributed by atoms with Crippen LogP contribution in [-0.4, -0.2) is 35.6 Å². The van der Waals surface area contributed by atoms with Gasteiger partial charge in [0.1, 0.15) is 17.7 Å². The van der Waals surface area contributed by atoms with E-state index in [9.17, 15) is 18.4 Å². The van der Waals surface area contributed by atoms with Gasteiger partial charge >= 0.3 is 0 Å². The second kappa shape index (κ2) is 12.9. The van der Waals surface area contributed by atoms with Gasteiger partial charge in [0.25, 0.3) is 0 Å². The van der Waals surface area contributed by atoms with Gasteiger partial charge < -0.3 is 15.4 Å². The van der Waals surface area contributed by atoms with E-state index in [0.29, 0.717) is 23.9 Å². The molecule has 0 saturated carbocycles. The number of amides is 2. The number of rotatable bonds is 13. The van der Waals surface area contributed by atoms with Gasteiger partial charge in [0.05, 0.1) is 12.0 Å². The largest absolute Gasteiger partial charge is 0.379 e. The van der Waals surface area contributed by atoms with Crippen LogP contribution in [0.5, 0.6) is 0 Å². The molecule has 2 rings (SSSR count). The first kappa shape index (κ1) is 27.9. The Morgan fingerprint density at radius 3 is 2.47 bits per heavy atom. The summed E-state index contributed by atoms with van der Waals surface area (Å²) in [5.74, 6) is -2.04. The van der Waals surface area contributed by atoms with Gasteiger partial charge in [-0.3, -0.25) is 9.59 Å². The lowest BCUT2D eigenvalue weighted by Crippen LogP contribution is -2.44. The van der Waals surface area contributed by atoms with Crippen molar-refractivity contribution in [1.82, 2.24) is 10.3 Å². The molecule has 1 aromatic carbocycles. The smallest absolute Gasteiger partial charge is 0.248 e. The maximum Gasteiger partial charge on any atom is 0.248 e. The molecule has 2 amide bonds. The Kier molecular flexibility index (Phi) is 10.6. The molecular weight excluding hydrogens is 460 g/mol. The van der Waals surface area contributed by atoms with Crippen LogP contribution in [-0.2, 0) is 20.7 Å². The number of benzene rings is 1. The highest BCUT2D eigenvalue weighted by molar-refractivity contribution is 7.15. The van der Waals surface area contributed by atoms with E-state index < -0.39 is 23.6 Å². The summed E-state index contributed by atoms with van der Waals surface area (Å²) in [6, 6.07) is 2.19. The summed E-state index contributed by atoms with van der Waals surface area (Å²) < 4.78 is 32.2. The molecule has 9 heteroatoms. The lowest BCUT2D eigenvalue weighted by atomic mass is 9.96. The van der Waals surface area contributed by atoms with E-state index in [4.69, 9.17) is 4.74 Å². The maximum atomic E-state index is 13.4. The van der Waals surface area contributed by atoms with Crippen LogP contribution in [0, 0.1) is 11.6 Å². The number of carbonyl (C=O) groups is 2. The van der Waals surface area contributed by atoms with Crippen molar-refractivity contribution in [2.24, 2.45) is 0 Å². The number of carbonyl (C=O) groups excluding carboxylic acids is 2. The molecule has 0 bridgehead atoms. The van der Waals surface area contributed by atoms with Crippen LogP contribution in [0.1, 0.15) is 76.2 Å². The lowest BCUT2D eigenvalue weighted by Gasteiger charge is -2.23. The van der Waals surface area contributed by atoms with Crippen LogP contribution in [0.2, 0.25) is 0 Å². The summed E-state index contributed by atoms with van der Waals surface area (Å²) in [5.41, 5.74) is 0.0618. The number of ether oxygens (including phenoxy) is 1. The van der Waals surface area contributed by atoms with E-state index in [2.05, 4.69) is 36.4 Å². The molecule has 0 fully saturated rings. The van der Waals surface area contributed by atoms with Gasteiger partial charge in [-0.1, -0.05) is 20.3 Å². The fourth-order valence-electron chi connectivity index (χ4n) is 3.54. The van der Waals surface area contributed by atoms with Crippen molar-refractivity contribution in [2.75, 3.05) is 12.4 Å². The summed E-state index contributed by atoms with van der Waals surface area (Å²) in [6.45, 7) is 8.18. The second-order valence-electron chi connectivity index (χ2n) is 9.18. The van der Waals surface area contributed by atoms with Gasteiger partial charge in [0, 0.05) is 24.3 Å². The first-order valence-electron chi connectivity index (χ1n) is 11.6. The number of nitrogens with zero attached hydrogens (tertiary/aromatic N) is 1. The fraction of sp³-hybridized carbons (Fsp3) is 0.560. The van der Waals surface area contributed by atoms with Crippen molar-refractivity contribution < 1.29 is 23.1 Å². The van der Waals surface area contributed by atoms with E-state index in [1.165, 1.54) is 11.3 Å². The molecule has 1 heterocycles. The van der Waals surface area contributed by atoms with Gasteiger partial charge in [-0.2, -0.15) is 0 Å². The van der Waals surface area contributed by atoms with E-state index >= 15 is 0 Å². The zero-order valence-electron chi connectivity index (χ0n) is 20.5. The molecule has 1 aromatic heterocycles. The monoisotopic (exact) mass is 495 g/mol. The molecular formula is C25H35F2N3O3S. The molecule has 0 aliphatic carbocycles. The van der Waals surface area contributed by atoms with Crippen molar-refractivity contribution in [3.8, 4) is 0 Å². The minimum Gasteiger partial charge on any atom is -0.379 e. The Hall–Kier alpha value is -2.39. The maximum absolute atomic E-state index is 13.4. The average Bonchev–Trinajstić information content (AvgIpc) is 3.21. The van der Waals surface area contributed by atoms with Crippen LogP contribution in [0.3, 0.4) is 0 Å². The van der Waals surface area contributed by atoms with Crippen molar-refractivity contribution in [3.05, 3.63) is 46.5 Å². The highest BCUT2D eigenvalue weighted by Crippen LogP contribution is 2.30. The van der Waals surface area contributed by atoms with Gasteiger partial charge in [-0.05, 0) is 63.1 Å². The molecule has 2 N–H and O–H groups in total. The first-order valence-corrected chi connectivity index (χ1v) is 12.4. The quantitative estimate of drug-likeness (QED) is 0.380. The van der Waals surface area contributed by atoms with Crippen molar-refractivity contribution in [2.45, 2.75) is 83.8 Å². The van der Waals surface area contributed by atoms with E-state index in [0.717, 1.165) is 42.3 Å². The first-order chi connectivity index (χ1) is 16.0. The van der Waals surface area contributed by atoms with Gasteiger partial charge in [0.15, 0.2) is 5.13 Å². The SMILES string of the molecule is CCCC(NC(=O)Cc1cc(F)cc(F)c1)C(=O)Nc1ncc(C(C)CCCC(C)(C)OC)s1. The zero-order valence-corrected chi connectivity index (χ0v) is 21.4. The third-order valence-corrected chi connectivity index (χ3v) is 6.87. The van der Waals surface area contributed by atoms with Crippen molar-refractivity contribution >= 4 is 28.3 Å². The Morgan fingerprint density at radius 2 is 1.85 bits per heavy atom. The minimum absolute atomic E-state index is 0.145. The predicted octanol–water partition coefficient (Wildman–Crippen LogP) is 5.59. The molecule has 0 aliphatic rings. The fourth-order valence-corrected chi connectivity index (χ4v) is 4.45. The highest BCUT2D eigenvalue weighted by atomic mass is 32.1. The Labute approximate surface area is 204 Å². The summed E-state index contributed by atoms with van der Waals surface area (Å²) in [7, 11) is 1.72. The number of hydrogen-bond donors (Lipinski definition) is 2. The molecule has 2 aromatic rings. The van der Waals surface area contributed by atoms with Crippen molar-refractivity contribution in [3.63, 3.8) is 0 Å². The number of halogens is 2. The van der Waals surface area contributed by atoms with E-state index in [1.54, 1.807) is 13.3 Å². The van der Waals surface area contributed by atoms with Gasteiger partial charge in [0.2, 0.25) is 11.8 Å². The number of methoxy groups -OCH3 is 1. The van der Waals surface area contributed by atoms with Crippen LogP contribution in [0.25, 0.3) is 0 Å². The van der Waals surface area contributed by atoms with E-state index in [1.807, 2.05) is 6.92 Å². The number of thiazole rings is 1. The zero-order chi connectivity index (χ0) is 25.3. The topological polar surface area (TPSA) is 80.3 Å². The number of hydrogen-bond acceptors (Lipinski definition) is 5. The van der Waals surface area contributed by atoms with Gasteiger partial charge in [-0.15, -0.1) is 11.3 Å². The average molecular weight is 496 g/mol. The molecule has 2 unspecified atom stereocenters. The predicted molar refractivity (Wildman–Crippen MR) is 131 cm³/mol. The summed E-state index contributed by atoms with van der Waals surface area (Å²) in [6.07, 6.45) is 5.61.